The van der Waals surface area contributed by atoms with Crippen LogP contribution in [0.4, 0.5) is 5.69 Å². The SMILES string of the molecule is Cc1oc(/C=N\NC(=O)CN(c2ccccc2)S(=O)(=O)c2ccccc2)cc1Br. The second-order valence-corrected chi connectivity index (χ2v) is 8.72. The second-order valence-electron chi connectivity index (χ2n) is 6.01. The molecule has 1 amide bonds. The maximum Gasteiger partial charge on any atom is 0.264 e. The fourth-order valence-electron chi connectivity index (χ4n) is 2.51. The van der Waals surface area contributed by atoms with Gasteiger partial charge in [-0.1, -0.05) is 36.4 Å². The van der Waals surface area contributed by atoms with Crippen LogP contribution in [-0.2, 0) is 14.8 Å². The summed E-state index contributed by atoms with van der Waals surface area (Å²) in [5.41, 5.74) is 2.71. The van der Waals surface area contributed by atoms with E-state index in [-0.39, 0.29) is 4.90 Å². The van der Waals surface area contributed by atoms with Crippen LogP contribution in [0.3, 0.4) is 0 Å². The molecule has 9 heteroatoms. The van der Waals surface area contributed by atoms with E-state index in [9.17, 15) is 13.2 Å². The molecule has 29 heavy (non-hydrogen) atoms. The monoisotopic (exact) mass is 475 g/mol. The van der Waals surface area contributed by atoms with Crippen LogP contribution >= 0.6 is 15.9 Å². The van der Waals surface area contributed by atoms with E-state index in [4.69, 9.17) is 4.42 Å². The molecule has 3 rings (SSSR count). The first-order valence-electron chi connectivity index (χ1n) is 8.58. The fraction of sp³-hybridized carbons (Fsp3) is 0.100. The van der Waals surface area contributed by atoms with Gasteiger partial charge in [-0.3, -0.25) is 9.10 Å². The number of hydrazone groups is 1. The number of amides is 1. The molecule has 0 saturated heterocycles. The Morgan fingerprint density at radius 2 is 1.76 bits per heavy atom. The number of nitrogens with zero attached hydrogens (tertiary/aromatic N) is 2. The Morgan fingerprint density at radius 3 is 2.34 bits per heavy atom. The normalized spacial score (nSPS) is 11.5. The standard InChI is InChI=1S/C20H18BrN3O4S/c1-15-19(21)12-17(28-15)13-22-23-20(25)14-24(16-8-4-2-5-9-16)29(26,27)18-10-6-3-7-11-18/h2-13H,14H2,1H3,(H,23,25)/b22-13-. The predicted molar refractivity (Wildman–Crippen MR) is 114 cm³/mol. The van der Waals surface area contributed by atoms with Crippen molar-refractivity contribution in [3.05, 3.63) is 82.7 Å². The highest BCUT2D eigenvalue weighted by atomic mass is 79.9. The van der Waals surface area contributed by atoms with Crippen LogP contribution in [-0.4, -0.2) is 27.1 Å². The molecule has 1 aromatic heterocycles. The van der Waals surface area contributed by atoms with Crippen molar-refractivity contribution < 1.29 is 17.6 Å². The van der Waals surface area contributed by atoms with Gasteiger partial charge in [-0.25, -0.2) is 13.8 Å². The van der Waals surface area contributed by atoms with E-state index in [1.54, 1.807) is 61.5 Å². The summed E-state index contributed by atoms with van der Waals surface area (Å²) in [6.45, 7) is 1.35. The number of sulfonamides is 1. The average Bonchev–Trinajstić information content (AvgIpc) is 3.04. The minimum Gasteiger partial charge on any atom is -0.459 e. The number of hydrogen-bond acceptors (Lipinski definition) is 5. The predicted octanol–water partition coefficient (Wildman–Crippen LogP) is 3.70. The number of benzene rings is 2. The van der Waals surface area contributed by atoms with Crippen LogP contribution in [0.2, 0.25) is 0 Å². The third kappa shape index (κ3) is 5.12. The molecule has 0 aliphatic rings. The first-order chi connectivity index (χ1) is 13.9. The van der Waals surface area contributed by atoms with Crippen molar-refractivity contribution in [2.75, 3.05) is 10.8 Å². The maximum atomic E-state index is 13.1. The molecule has 0 aliphatic carbocycles. The van der Waals surface area contributed by atoms with Gasteiger partial charge in [0.2, 0.25) is 0 Å². The van der Waals surface area contributed by atoms with E-state index in [0.717, 1.165) is 8.78 Å². The van der Waals surface area contributed by atoms with Crippen LogP contribution in [0.1, 0.15) is 11.5 Å². The number of furan rings is 1. The van der Waals surface area contributed by atoms with Crippen LogP contribution in [0.5, 0.6) is 0 Å². The third-order valence-electron chi connectivity index (χ3n) is 3.92. The summed E-state index contributed by atoms with van der Waals surface area (Å²) in [5, 5.41) is 3.84. The summed E-state index contributed by atoms with van der Waals surface area (Å²) in [7, 11) is -3.93. The van der Waals surface area contributed by atoms with Crippen molar-refractivity contribution in [1.82, 2.24) is 5.43 Å². The van der Waals surface area contributed by atoms with Gasteiger partial charge < -0.3 is 4.42 Å². The number of carbonyl (C=O) groups excluding carboxylic acids is 1. The summed E-state index contributed by atoms with van der Waals surface area (Å²) in [5.74, 6) is 0.542. The lowest BCUT2D eigenvalue weighted by Crippen LogP contribution is -2.39. The molecule has 2 aromatic carbocycles. The highest BCUT2D eigenvalue weighted by Crippen LogP contribution is 2.23. The van der Waals surface area contributed by atoms with Crippen LogP contribution in [0, 0.1) is 6.92 Å². The Kier molecular flexibility index (Phi) is 6.50. The quantitative estimate of drug-likeness (QED) is 0.416. The highest BCUT2D eigenvalue weighted by molar-refractivity contribution is 9.10. The molecule has 0 bridgehead atoms. The first kappa shape index (κ1) is 20.8. The molecule has 7 nitrogen and oxygen atoms in total. The van der Waals surface area contributed by atoms with Gasteiger partial charge in [0.15, 0.2) is 0 Å². The van der Waals surface area contributed by atoms with Gasteiger partial charge in [-0.05, 0) is 47.1 Å². The van der Waals surface area contributed by atoms with Gasteiger partial charge in [0.25, 0.3) is 15.9 Å². The van der Waals surface area contributed by atoms with Gasteiger partial charge in [-0.2, -0.15) is 5.10 Å². The van der Waals surface area contributed by atoms with Crippen LogP contribution in [0.25, 0.3) is 0 Å². The maximum absolute atomic E-state index is 13.1. The molecule has 0 spiro atoms. The summed E-state index contributed by atoms with van der Waals surface area (Å²) in [6, 6.07) is 18.1. The van der Waals surface area contributed by atoms with Gasteiger partial charge in [-0.15, -0.1) is 0 Å². The molecule has 1 heterocycles. The van der Waals surface area contributed by atoms with Crippen LogP contribution in [0.15, 0.2) is 85.6 Å². The van der Waals surface area contributed by atoms with Gasteiger partial charge in [0.05, 0.1) is 21.3 Å². The van der Waals surface area contributed by atoms with E-state index in [1.807, 2.05) is 0 Å². The molecular formula is C20H18BrN3O4S. The Bertz CT molecular complexity index is 1090. The van der Waals surface area contributed by atoms with E-state index in [2.05, 4.69) is 26.5 Å². The van der Waals surface area contributed by atoms with Gasteiger partial charge >= 0.3 is 0 Å². The molecule has 0 fully saturated rings. The summed E-state index contributed by atoms with van der Waals surface area (Å²) in [4.78, 5) is 12.5. The Labute approximate surface area is 177 Å². The topological polar surface area (TPSA) is 92.0 Å². The number of carbonyl (C=O) groups is 1. The molecule has 0 radical (unpaired) electrons. The molecule has 0 unspecified atom stereocenters. The largest absolute Gasteiger partial charge is 0.459 e. The lowest BCUT2D eigenvalue weighted by molar-refractivity contribution is -0.119. The highest BCUT2D eigenvalue weighted by Gasteiger charge is 2.26. The van der Waals surface area contributed by atoms with E-state index in [1.165, 1.54) is 18.3 Å². The fourth-order valence-corrected chi connectivity index (χ4v) is 4.26. The Morgan fingerprint density at radius 1 is 1.14 bits per heavy atom. The zero-order valence-corrected chi connectivity index (χ0v) is 17.9. The number of rotatable bonds is 7. The van der Waals surface area contributed by atoms with Crippen molar-refractivity contribution in [3.63, 3.8) is 0 Å². The molecule has 1 N–H and O–H groups in total. The molecule has 0 aliphatic heterocycles. The van der Waals surface area contributed by atoms with Crippen molar-refractivity contribution >= 4 is 43.8 Å². The van der Waals surface area contributed by atoms with E-state index < -0.39 is 22.5 Å². The zero-order valence-electron chi connectivity index (χ0n) is 15.4. The smallest absolute Gasteiger partial charge is 0.264 e. The second kappa shape index (κ2) is 9.06. The zero-order chi connectivity index (χ0) is 20.9. The summed E-state index contributed by atoms with van der Waals surface area (Å²) in [6.07, 6.45) is 1.34. The lowest BCUT2D eigenvalue weighted by Gasteiger charge is -2.23. The number of nitrogens with one attached hydrogen (secondary N) is 1. The molecule has 0 saturated carbocycles. The minimum absolute atomic E-state index is 0.0936. The summed E-state index contributed by atoms with van der Waals surface area (Å²) < 4.78 is 33.4. The first-order valence-corrected chi connectivity index (χ1v) is 10.8. The van der Waals surface area contributed by atoms with Crippen molar-refractivity contribution in [1.29, 1.82) is 0 Å². The van der Waals surface area contributed by atoms with Crippen molar-refractivity contribution in [2.24, 2.45) is 5.10 Å². The number of aryl methyl sites for hydroxylation is 1. The van der Waals surface area contributed by atoms with Gasteiger partial charge in [0, 0.05) is 6.07 Å². The van der Waals surface area contributed by atoms with Crippen molar-refractivity contribution in [2.45, 2.75) is 11.8 Å². The van der Waals surface area contributed by atoms with Crippen LogP contribution < -0.4 is 9.73 Å². The van der Waals surface area contributed by atoms with Crippen molar-refractivity contribution in [3.8, 4) is 0 Å². The number of anilines is 1. The van der Waals surface area contributed by atoms with E-state index in [0.29, 0.717) is 17.2 Å². The number of hydrogen-bond donors (Lipinski definition) is 1. The Balaban J connectivity index is 1.79. The number of para-hydroxylation sites is 1. The lowest BCUT2D eigenvalue weighted by atomic mass is 10.3. The molecule has 0 atom stereocenters. The van der Waals surface area contributed by atoms with E-state index >= 15 is 0 Å². The average molecular weight is 476 g/mol. The van der Waals surface area contributed by atoms with Gasteiger partial charge in [0.1, 0.15) is 18.1 Å². The third-order valence-corrected chi connectivity index (χ3v) is 6.50. The minimum atomic E-state index is -3.93. The molecular weight excluding hydrogens is 458 g/mol. The molecule has 3 aromatic rings. The molecule has 150 valence electrons. The number of halogens is 1. The summed E-state index contributed by atoms with van der Waals surface area (Å²) >= 11 is 3.32. The Hall–Kier alpha value is -2.91.